The zero-order valence-corrected chi connectivity index (χ0v) is 7.33. The van der Waals surface area contributed by atoms with Gasteiger partial charge in [0.1, 0.15) is 0 Å². The normalized spacial score (nSPS) is 9.92. The Hall–Kier alpha value is -1.06. The van der Waals surface area contributed by atoms with Crippen LogP contribution in [0.3, 0.4) is 0 Å². The number of anilines is 1. The van der Waals surface area contributed by atoms with Gasteiger partial charge in [-0.3, -0.25) is 0 Å². The number of hydrazine groups is 1. The number of hydrogen-bond acceptors (Lipinski definition) is 3. The van der Waals surface area contributed by atoms with E-state index in [2.05, 4.69) is 0 Å². The van der Waals surface area contributed by atoms with Gasteiger partial charge in [0.25, 0.3) is 0 Å². The zero-order valence-electron chi connectivity index (χ0n) is 7.33. The summed E-state index contributed by atoms with van der Waals surface area (Å²) in [5.74, 6) is 5.73. The molecule has 0 aliphatic rings. The smallest absolute Gasteiger partial charge is 0.0520 e. The first-order valence-electron chi connectivity index (χ1n) is 4.03. The summed E-state index contributed by atoms with van der Waals surface area (Å²) in [7, 11) is 0. The molecule has 12 heavy (non-hydrogen) atoms. The van der Waals surface area contributed by atoms with Crippen LogP contribution in [0.4, 0.5) is 5.69 Å². The van der Waals surface area contributed by atoms with Crippen LogP contribution < -0.4 is 16.6 Å². The molecule has 0 radical (unpaired) electrons. The second kappa shape index (κ2) is 4.09. The molecule has 0 atom stereocenters. The first kappa shape index (κ1) is 9.03. The van der Waals surface area contributed by atoms with Gasteiger partial charge < -0.3 is 10.7 Å². The molecular weight excluding hydrogens is 150 g/mol. The number of benzene rings is 1. The topological polar surface area (TPSA) is 55.3 Å². The Labute approximate surface area is 72.9 Å². The molecule has 0 saturated heterocycles. The van der Waals surface area contributed by atoms with E-state index in [9.17, 15) is 0 Å². The van der Waals surface area contributed by atoms with E-state index >= 15 is 0 Å². The van der Waals surface area contributed by atoms with Gasteiger partial charge in [-0.05, 0) is 24.6 Å². The van der Waals surface area contributed by atoms with E-state index in [0.717, 1.165) is 5.69 Å². The summed E-state index contributed by atoms with van der Waals surface area (Å²) < 4.78 is 0. The largest absolute Gasteiger partial charge is 0.329 e. The molecule has 0 unspecified atom stereocenters. The van der Waals surface area contributed by atoms with Gasteiger partial charge in [-0.2, -0.15) is 0 Å². The van der Waals surface area contributed by atoms with Gasteiger partial charge in [-0.15, -0.1) is 0 Å². The standard InChI is InChI=1S/C9H15N3/c1-8-3-2-4-9(7-8)12(11)6-5-10/h2-4,7H,5-6,10-11H2,1H3. The van der Waals surface area contributed by atoms with E-state index in [1.807, 2.05) is 31.2 Å². The van der Waals surface area contributed by atoms with Crippen LogP contribution in [-0.2, 0) is 0 Å². The Morgan fingerprint density at radius 1 is 1.42 bits per heavy atom. The zero-order chi connectivity index (χ0) is 8.97. The molecule has 0 aliphatic heterocycles. The molecule has 66 valence electrons. The van der Waals surface area contributed by atoms with Crippen molar-refractivity contribution in [2.75, 3.05) is 18.1 Å². The van der Waals surface area contributed by atoms with E-state index in [-0.39, 0.29) is 0 Å². The van der Waals surface area contributed by atoms with Gasteiger partial charge in [-0.1, -0.05) is 12.1 Å². The van der Waals surface area contributed by atoms with Gasteiger partial charge in [0.15, 0.2) is 0 Å². The molecule has 0 bridgehead atoms. The van der Waals surface area contributed by atoms with Crippen molar-refractivity contribution in [2.45, 2.75) is 6.92 Å². The van der Waals surface area contributed by atoms with E-state index in [1.54, 1.807) is 5.01 Å². The second-order valence-corrected chi connectivity index (χ2v) is 2.82. The van der Waals surface area contributed by atoms with Crippen LogP contribution in [0, 0.1) is 6.92 Å². The summed E-state index contributed by atoms with van der Waals surface area (Å²) in [5, 5.41) is 1.66. The van der Waals surface area contributed by atoms with Crippen molar-refractivity contribution >= 4 is 5.69 Å². The maximum absolute atomic E-state index is 5.73. The summed E-state index contributed by atoms with van der Waals surface area (Å²) in [5.41, 5.74) is 7.61. The van der Waals surface area contributed by atoms with Crippen LogP contribution in [0.1, 0.15) is 5.56 Å². The summed E-state index contributed by atoms with van der Waals surface area (Å²) >= 11 is 0. The Kier molecular flexibility index (Phi) is 3.08. The third-order valence-corrected chi connectivity index (χ3v) is 1.70. The molecule has 1 aromatic carbocycles. The molecule has 0 fully saturated rings. The lowest BCUT2D eigenvalue weighted by Gasteiger charge is -2.17. The van der Waals surface area contributed by atoms with Crippen molar-refractivity contribution < 1.29 is 0 Å². The second-order valence-electron chi connectivity index (χ2n) is 2.82. The molecule has 0 spiro atoms. The number of aryl methyl sites for hydroxylation is 1. The van der Waals surface area contributed by atoms with Gasteiger partial charge >= 0.3 is 0 Å². The SMILES string of the molecule is Cc1cccc(N(N)CCN)c1. The highest BCUT2D eigenvalue weighted by molar-refractivity contribution is 5.46. The monoisotopic (exact) mass is 165 g/mol. The molecule has 0 amide bonds. The van der Waals surface area contributed by atoms with Crippen molar-refractivity contribution in [1.82, 2.24) is 0 Å². The maximum atomic E-state index is 5.73. The van der Waals surface area contributed by atoms with Gasteiger partial charge in [0.2, 0.25) is 0 Å². The average Bonchev–Trinajstić information content (AvgIpc) is 2.05. The van der Waals surface area contributed by atoms with E-state index in [1.165, 1.54) is 5.56 Å². The van der Waals surface area contributed by atoms with Crippen LogP contribution in [0.25, 0.3) is 0 Å². The van der Waals surface area contributed by atoms with Crippen molar-refractivity contribution in [3.05, 3.63) is 29.8 Å². The maximum Gasteiger partial charge on any atom is 0.0520 e. The minimum atomic E-state index is 0.574. The fourth-order valence-corrected chi connectivity index (χ4v) is 1.07. The van der Waals surface area contributed by atoms with E-state index < -0.39 is 0 Å². The molecule has 0 aliphatic carbocycles. The lowest BCUT2D eigenvalue weighted by molar-refractivity contribution is 0.832. The molecule has 0 saturated carbocycles. The summed E-state index contributed by atoms with van der Waals surface area (Å²) in [6.07, 6.45) is 0. The van der Waals surface area contributed by atoms with Crippen LogP contribution in [0.15, 0.2) is 24.3 Å². The predicted octanol–water partition coefficient (Wildman–Crippen LogP) is 0.634. The highest BCUT2D eigenvalue weighted by atomic mass is 15.4. The average molecular weight is 165 g/mol. The predicted molar refractivity (Wildman–Crippen MR) is 51.8 cm³/mol. The van der Waals surface area contributed by atoms with E-state index in [0.29, 0.717) is 13.1 Å². The van der Waals surface area contributed by atoms with Crippen molar-refractivity contribution in [1.29, 1.82) is 0 Å². The Balaban J connectivity index is 2.73. The number of nitrogens with two attached hydrogens (primary N) is 2. The number of nitrogens with zero attached hydrogens (tertiary/aromatic N) is 1. The Morgan fingerprint density at radius 3 is 2.75 bits per heavy atom. The third kappa shape index (κ3) is 2.22. The minimum Gasteiger partial charge on any atom is -0.329 e. The lowest BCUT2D eigenvalue weighted by atomic mass is 10.2. The first-order chi connectivity index (χ1) is 5.74. The third-order valence-electron chi connectivity index (χ3n) is 1.70. The first-order valence-corrected chi connectivity index (χ1v) is 4.03. The molecule has 1 rings (SSSR count). The summed E-state index contributed by atoms with van der Waals surface area (Å²) in [4.78, 5) is 0. The highest BCUT2D eigenvalue weighted by Crippen LogP contribution is 2.11. The van der Waals surface area contributed by atoms with Crippen molar-refractivity contribution in [3.8, 4) is 0 Å². The van der Waals surface area contributed by atoms with Gasteiger partial charge in [0, 0.05) is 13.1 Å². The minimum absolute atomic E-state index is 0.574. The van der Waals surface area contributed by atoms with Crippen molar-refractivity contribution in [3.63, 3.8) is 0 Å². The quantitative estimate of drug-likeness (QED) is 0.510. The van der Waals surface area contributed by atoms with E-state index in [4.69, 9.17) is 11.6 Å². The highest BCUT2D eigenvalue weighted by Gasteiger charge is 1.98. The molecule has 0 heterocycles. The van der Waals surface area contributed by atoms with Crippen molar-refractivity contribution in [2.24, 2.45) is 11.6 Å². The summed E-state index contributed by atoms with van der Waals surface area (Å²) in [6.45, 7) is 3.30. The van der Waals surface area contributed by atoms with Crippen LogP contribution in [0.2, 0.25) is 0 Å². The summed E-state index contributed by atoms with van der Waals surface area (Å²) in [6, 6.07) is 8.04. The molecule has 0 aromatic heterocycles. The Bertz CT molecular complexity index is 247. The lowest BCUT2D eigenvalue weighted by Crippen LogP contribution is -2.35. The van der Waals surface area contributed by atoms with Crippen LogP contribution >= 0.6 is 0 Å². The fourth-order valence-electron chi connectivity index (χ4n) is 1.07. The van der Waals surface area contributed by atoms with Gasteiger partial charge in [0.05, 0.1) is 5.69 Å². The molecule has 3 heteroatoms. The Morgan fingerprint density at radius 2 is 2.17 bits per heavy atom. The fraction of sp³-hybridized carbons (Fsp3) is 0.333. The molecule has 4 N–H and O–H groups in total. The molecule has 3 nitrogen and oxygen atoms in total. The number of rotatable bonds is 3. The van der Waals surface area contributed by atoms with Crippen LogP contribution in [-0.4, -0.2) is 13.1 Å². The molecule has 1 aromatic rings. The van der Waals surface area contributed by atoms with Crippen LogP contribution in [0.5, 0.6) is 0 Å². The molecular formula is C9H15N3. The number of hydrogen-bond donors (Lipinski definition) is 2. The van der Waals surface area contributed by atoms with Gasteiger partial charge in [-0.25, -0.2) is 5.84 Å².